The highest BCUT2D eigenvalue weighted by molar-refractivity contribution is 5.34. The van der Waals surface area contributed by atoms with Crippen molar-refractivity contribution < 1.29 is 13.9 Å². The fourth-order valence-corrected chi connectivity index (χ4v) is 2.52. The number of halogens is 1. The summed E-state index contributed by atoms with van der Waals surface area (Å²) in [5.41, 5.74) is 0.892. The molecule has 1 aliphatic heterocycles. The number of rotatable bonds is 5. The molecule has 2 aromatic rings. The van der Waals surface area contributed by atoms with Gasteiger partial charge in [0.25, 0.3) is 0 Å². The van der Waals surface area contributed by atoms with Crippen molar-refractivity contribution in [2.24, 2.45) is 0 Å². The summed E-state index contributed by atoms with van der Waals surface area (Å²) in [6.07, 6.45) is 4.19. The van der Waals surface area contributed by atoms with E-state index in [0.29, 0.717) is 11.8 Å². The molecule has 0 radical (unpaired) electrons. The molecule has 2 heterocycles. The fraction of sp³-hybridized carbons (Fsp3) is 0.353. The van der Waals surface area contributed by atoms with Crippen LogP contribution in [0.25, 0.3) is 0 Å². The summed E-state index contributed by atoms with van der Waals surface area (Å²) in [4.78, 5) is 3.94. The second-order valence-electron chi connectivity index (χ2n) is 5.43. The summed E-state index contributed by atoms with van der Waals surface area (Å²) < 4.78 is 25.1. The first-order chi connectivity index (χ1) is 10.7. The van der Waals surface area contributed by atoms with Crippen molar-refractivity contribution >= 4 is 0 Å². The molecule has 2 atom stereocenters. The van der Waals surface area contributed by atoms with Gasteiger partial charge in [0.15, 0.2) is 11.6 Å². The van der Waals surface area contributed by atoms with E-state index in [1.807, 2.05) is 13.0 Å². The van der Waals surface area contributed by atoms with E-state index >= 15 is 0 Å². The molecule has 0 amide bonds. The van der Waals surface area contributed by atoms with Gasteiger partial charge in [0.05, 0.1) is 12.8 Å². The van der Waals surface area contributed by atoms with Gasteiger partial charge in [-0.25, -0.2) is 4.39 Å². The molecule has 3 rings (SSSR count). The second-order valence-corrected chi connectivity index (χ2v) is 5.43. The predicted octanol–water partition coefficient (Wildman–Crippen LogP) is 3.45. The molecule has 22 heavy (non-hydrogen) atoms. The minimum Gasteiger partial charge on any atom is -0.453 e. The van der Waals surface area contributed by atoms with Crippen LogP contribution in [0.3, 0.4) is 0 Å². The van der Waals surface area contributed by atoms with Crippen LogP contribution in [0.4, 0.5) is 4.39 Å². The average Bonchev–Trinajstić information content (AvgIpc) is 3.03. The molecule has 0 unspecified atom stereocenters. The molecule has 0 saturated carbocycles. The SMILES string of the molecule is C[C@@H](N[C@H]1CCOC1)c1ccc(Oc2cccnc2)c(F)c1. The molecule has 1 aromatic carbocycles. The van der Waals surface area contributed by atoms with Gasteiger partial charge < -0.3 is 14.8 Å². The van der Waals surface area contributed by atoms with Crippen LogP contribution in [0.1, 0.15) is 24.9 Å². The molecular formula is C17H19FN2O2. The quantitative estimate of drug-likeness (QED) is 0.918. The van der Waals surface area contributed by atoms with Crippen molar-refractivity contribution in [1.82, 2.24) is 10.3 Å². The Morgan fingerprint density at radius 3 is 3.00 bits per heavy atom. The van der Waals surface area contributed by atoms with Crippen molar-refractivity contribution in [3.05, 3.63) is 54.1 Å². The lowest BCUT2D eigenvalue weighted by Crippen LogP contribution is -2.31. The monoisotopic (exact) mass is 302 g/mol. The first kappa shape index (κ1) is 14.9. The molecule has 0 aliphatic carbocycles. The predicted molar refractivity (Wildman–Crippen MR) is 81.5 cm³/mol. The Bertz CT molecular complexity index is 615. The number of ether oxygens (including phenoxy) is 2. The van der Waals surface area contributed by atoms with E-state index in [0.717, 1.165) is 25.2 Å². The third-order valence-corrected chi connectivity index (χ3v) is 3.73. The molecule has 1 fully saturated rings. The van der Waals surface area contributed by atoms with Gasteiger partial charge in [-0.3, -0.25) is 4.98 Å². The van der Waals surface area contributed by atoms with E-state index in [2.05, 4.69) is 10.3 Å². The maximum atomic E-state index is 14.2. The van der Waals surface area contributed by atoms with Crippen LogP contribution < -0.4 is 10.1 Å². The maximum Gasteiger partial charge on any atom is 0.166 e. The Kier molecular flexibility index (Phi) is 4.65. The van der Waals surface area contributed by atoms with E-state index in [9.17, 15) is 4.39 Å². The first-order valence-electron chi connectivity index (χ1n) is 7.43. The summed E-state index contributed by atoms with van der Waals surface area (Å²) in [7, 11) is 0. The van der Waals surface area contributed by atoms with E-state index in [4.69, 9.17) is 9.47 Å². The molecule has 5 heteroatoms. The van der Waals surface area contributed by atoms with Gasteiger partial charge in [-0.05, 0) is 43.2 Å². The number of hydrogen-bond acceptors (Lipinski definition) is 4. The Morgan fingerprint density at radius 1 is 1.41 bits per heavy atom. The number of hydrogen-bond donors (Lipinski definition) is 1. The fourth-order valence-electron chi connectivity index (χ4n) is 2.52. The van der Waals surface area contributed by atoms with Crippen LogP contribution in [0, 0.1) is 5.82 Å². The van der Waals surface area contributed by atoms with Crippen LogP contribution in [-0.2, 0) is 4.74 Å². The van der Waals surface area contributed by atoms with Crippen molar-refractivity contribution in [2.75, 3.05) is 13.2 Å². The van der Waals surface area contributed by atoms with Crippen LogP contribution >= 0.6 is 0 Å². The van der Waals surface area contributed by atoms with Gasteiger partial charge in [0, 0.05) is 24.9 Å². The molecular weight excluding hydrogens is 283 g/mol. The van der Waals surface area contributed by atoms with Crippen LogP contribution in [-0.4, -0.2) is 24.2 Å². The Balaban J connectivity index is 1.68. The Hall–Kier alpha value is -1.98. The summed E-state index contributed by atoms with van der Waals surface area (Å²) in [5.74, 6) is 0.342. The van der Waals surface area contributed by atoms with E-state index in [-0.39, 0.29) is 17.6 Å². The molecule has 4 nitrogen and oxygen atoms in total. The number of aromatic nitrogens is 1. The van der Waals surface area contributed by atoms with Crippen molar-refractivity contribution in [1.29, 1.82) is 0 Å². The Morgan fingerprint density at radius 2 is 2.32 bits per heavy atom. The van der Waals surface area contributed by atoms with Crippen LogP contribution in [0.5, 0.6) is 11.5 Å². The standard InChI is InChI=1S/C17H19FN2O2/c1-12(20-14-6-8-21-11-14)13-4-5-17(16(18)9-13)22-15-3-2-7-19-10-15/h2-5,7,9-10,12,14,20H,6,8,11H2,1H3/t12-,14+/m1/s1. The van der Waals surface area contributed by atoms with Gasteiger partial charge in [-0.15, -0.1) is 0 Å². The van der Waals surface area contributed by atoms with Crippen molar-refractivity contribution in [3.63, 3.8) is 0 Å². The zero-order valence-electron chi connectivity index (χ0n) is 12.5. The lowest BCUT2D eigenvalue weighted by molar-refractivity contribution is 0.188. The van der Waals surface area contributed by atoms with Gasteiger partial charge in [-0.1, -0.05) is 6.07 Å². The van der Waals surface area contributed by atoms with Crippen molar-refractivity contribution in [2.45, 2.75) is 25.4 Å². The molecule has 0 bridgehead atoms. The minimum atomic E-state index is -0.377. The van der Waals surface area contributed by atoms with E-state index in [1.165, 1.54) is 6.07 Å². The Labute approximate surface area is 129 Å². The first-order valence-corrected chi connectivity index (χ1v) is 7.43. The highest BCUT2D eigenvalue weighted by Gasteiger charge is 2.19. The maximum absolute atomic E-state index is 14.2. The molecule has 116 valence electrons. The summed E-state index contributed by atoms with van der Waals surface area (Å²) in [5, 5.41) is 3.45. The molecule has 1 saturated heterocycles. The summed E-state index contributed by atoms with van der Waals surface area (Å²) >= 11 is 0. The third kappa shape index (κ3) is 3.61. The second kappa shape index (κ2) is 6.85. The summed E-state index contributed by atoms with van der Waals surface area (Å²) in [6.45, 7) is 3.53. The zero-order valence-corrected chi connectivity index (χ0v) is 12.5. The largest absolute Gasteiger partial charge is 0.453 e. The summed E-state index contributed by atoms with van der Waals surface area (Å²) in [6, 6.07) is 8.93. The average molecular weight is 302 g/mol. The van der Waals surface area contributed by atoms with Crippen LogP contribution in [0.15, 0.2) is 42.7 Å². The number of benzene rings is 1. The smallest absolute Gasteiger partial charge is 0.166 e. The van der Waals surface area contributed by atoms with Gasteiger partial charge >= 0.3 is 0 Å². The van der Waals surface area contributed by atoms with E-state index in [1.54, 1.807) is 30.6 Å². The molecule has 1 aromatic heterocycles. The molecule has 0 spiro atoms. The third-order valence-electron chi connectivity index (χ3n) is 3.73. The van der Waals surface area contributed by atoms with Gasteiger partial charge in [0.1, 0.15) is 5.75 Å². The van der Waals surface area contributed by atoms with Crippen LogP contribution in [0.2, 0.25) is 0 Å². The number of pyridine rings is 1. The molecule has 1 aliphatic rings. The highest BCUT2D eigenvalue weighted by atomic mass is 19.1. The van der Waals surface area contributed by atoms with Gasteiger partial charge in [-0.2, -0.15) is 0 Å². The number of nitrogens with zero attached hydrogens (tertiary/aromatic N) is 1. The van der Waals surface area contributed by atoms with Gasteiger partial charge in [0.2, 0.25) is 0 Å². The lowest BCUT2D eigenvalue weighted by atomic mass is 10.1. The van der Waals surface area contributed by atoms with Crippen molar-refractivity contribution in [3.8, 4) is 11.5 Å². The number of nitrogens with one attached hydrogen (secondary N) is 1. The zero-order chi connectivity index (χ0) is 15.4. The normalized spacial score (nSPS) is 19.1. The highest BCUT2D eigenvalue weighted by Crippen LogP contribution is 2.26. The van der Waals surface area contributed by atoms with E-state index < -0.39 is 0 Å². The molecule has 1 N–H and O–H groups in total. The topological polar surface area (TPSA) is 43.4 Å². The minimum absolute atomic E-state index is 0.0636. The lowest BCUT2D eigenvalue weighted by Gasteiger charge is -2.19.